The van der Waals surface area contributed by atoms with E-state index in [2.05, 4.69) is 4.98 Å². The number of fused-ring (bicyclic) bond motifs is 1. The number of pyridine rings is 1. The van der Waals surface area contributed by atoms with Crippen LogP contribution in [0, 0.1) is 6.92 Å². The number of hydrogen-bond acceptors (Lipinski definition) is 4. The van der Waals surface area contributed by atoms with Gasteiger partial charge in [-0.3, -0.25) is 4.98 Å². The van der Waals surface area contributed by atoms with Crippen LogP contribution in [0.4, 0.5) is 0 Å². The molecule has 3 aromatic rings. The van der Waals surface area contributed by atoms with Crippen LogP contribution in [0.1, 0.15) is 24.5 Å². The van der Waals surface area contributed by atoms with Gasteiger partial charge < -0.3 is 14.9 Å². The van der Waals surface area contributed by atoms with E-state index in [4.69, 9.17) is 14.9 Å². The number of rotatable bonds is 4. The fourth-order valence-electron chi connectivity index (χ4n) is 2.30. The summed E-state index contributed by atoms with van der Waals surface area (Å²) in [5.74, 6) is 2.32. The van der Waals surface area contributed by atoms with Crippen molar-refractivity contribution in [2.45, 2.75) is 26.0 Å². The van der Waals surface area contributed by atoms with Gasteiger partial charge in [0.25, 0.3) is 0 Å². The monoisotopic (exact) mass is 282 g/mol. The molecule has 2 aromatic heterocycles. The van der Waals surface area contributed by atoms with Gasteiger partial charge in [0, 0.05) is 23.7 Å². The van der Waals surface area contributed by atoms with E-state index in [-0.39, 0.29) is 12.1 Å². The first kappa shape index (κ1) is 13.6. The molecule has 0 fully saturated rings. The van der Waals surface area contributed by atoms with E-state index in [9.17, 15) is 0 Å². The van der Waals surface area contributed by atoms with Crippen LogP contribution in [-0.4, -0.2) is 11.0 Å². The molecule has 108 valence electrons. The van der Waals surface area contributed by atoms with Crippen molar-refractivity contribution in [3.05, 3.63) is 60.2 Å². The van der Waals surface area contributed by atoms with Crippen molar-refractivity contribution in [2.75, 3.05) is 0 Å². The zero-order chi connectivity index (χ0) is 14.8. The van der Waals surface area contributed by atoms with Crippen molar-refractivity contribution in [2.24, 2.45) is 5.73 Å². The highest BCUT2D eigenvalue weighted by molar-refractivity contribution is 5.79. The molecule has 1 aromatic carbocycles. The van der Waals surface area contributed by atoms with E-state index < -0.39 is 0 Å². The summed E-state index contributed by atoms with van der Waals surface area (Å²) >= 11 is 0. The summed E-state index contributed by atoms with van der Waals surface area (Å²) in [6.07, 6.45) is 1.45. The highest BCUT2D eigenvalue weighted by atomic mass is 16.5. The van der Waals surface area contributed by atoms with Gasteiger partial charge >= 0.3 is 0 Å². The summed E-state index contributed by atoms with van der Waals surface area (Å²) in [5.41, 5.74) is 6.94. The maximum absolute atomic E-state index is 6.04. The number of hydrogen-bond donors (Lipinski definition) is 1. The minimum absolute atomic E-state index is 0.185. The Morgan fingerprint density at radius 1 is 1.19 bits per heavy atom. The lowest BCUT2D eigenvalue weighted by atomic mass is 10.1. The number of aromatic nitrogens is 1. The molecule has 4 nitrogen and oxygen atoms in total. The van der Waals surface area contributed by atoms with Gasteiger partial charge in [-0.25, -0.2) is 0 Å². The zero-order valence-electron chi connectivity index (χ0n) is 12.1. The average Bonchev–Trinajstić information content (AvgIpc) is 2.90. The summed E-state index contributed by atoms with van der Waals surface area (Å²) < 4.78 is 11.7. The predicted molar refractivity (Wildman–Crippen MR) is 82.2 cm³/mol. The number of nitrogens with zero attached hydrogens (tertiary/aromatic N) is 1. The number of benzene rings is 1. The van der Waals surface area contributed by atoms with E-state index in [1.165, 1.54) is 0 Å². The van der Waals surface area contributed by atoms with Crippen LogP contribution < -0.4 is 10.5 Å². The second-order valence-electron chi connectivity index (χ2n) is 5.20. The van der Waals surface area contributed by atoms with Crippen LogP contribution in [-0.2, 0) is 0 Å². The lowest BCUT2D eigenvalue weighted by Crippen LogP contribution is -2.28. The first-order valence-corrected chi connectivity index (χ1v) is 6.97. The molecule has 0 spiro atoms. The fourth-order valence-corrected chi connectivity index (χ4v) is 2.30. The van der Waals surface area contributed by atoms with Gasteiger partial charge in [0.2, 0.25) is 0 Å². The number of furan rings is 1. The number of aryl methyl sites for hydroxylation is 1. The van der Waals surface area contributed by atoms with Gasteiger partial charge in [-0.2, -0.15) is 0 Å². The summed E-state index contributed by atoms with van der Waals surface area (Å²) in [6.45, 7) is 3.81. The van der Waals surface area contributed by atoms with Gasteiger partial charge in [-0.15, -0.1) is 0 Å². The highest BCUT2D eigenvalue weighted by Gasteiger charge is 2.21. The molecule has 0 bridgehead atoms. The molecule has 2 heterocycles. The Morgan fingerprint density at radius 2 is 2.05 bits per heavy atom. The Hall–Kier alpha value is -2.33. The van der Waals surface area contributed by atoms with Crippen LogP contribution in [0.15, 0.2) is 53.1 Å². The largest absolute Gasteiger partial charge is 0.481 e. The molecule has 21 heavy (non-hydrogen) atoms. The lowest BCUT2D eigenvalue weighted by molar-refractivity contribution is 0.152. The quantitative estimate of drug-likeness (QED) is 0.794. The zero-order valence-corrected chi connectivity index (χ0v) is 12.1. The fraction of sp³-hybridized carbons (Fsp3) is 0.235. The Balaban J connectivity index is 1.90. The molecule has 2 unspecified atom stereocenters. The smallest absolute Gasteiger partial charge is 0.171 e. The minimum atomic E-state index is -0.320. The second-order valence-corrected chi connectivity index (χ2v) is 5.20. The Morgan fingerprint density at radius 3 is 2.76 bits per heavy atom. The first-order valence-electron chi connectivity index (χ1n) is 6.97. The second kappa shape index (κ2) is 5.58. The van der Waals surface area contributed by atoms with Gasteiger partial charge in [0.05, 0.1) is 5.52 Å². The molecule has 2 N–H and O–H groups in total. The summed E-state index contributed by atoms with van der Waals surface area (Å²) in [7, 11) is 0. The summed E-state index contributed by atoms with van der Waals surface area (Å²) in [6, 6.07) is 13.4. The van der Waals surface area contributed by atoms with Crippen LogP contribution in [0.25, 0.3) is 10.9 Å². The van der Waals surface area contributed by atoms with Crippen LogP contribution in [0.5, 0.6) is 5.75 Å². The van der Waals surface area contributed by atoms with Crippen LogP contribution in [0.2, 0.25) is 0 Å². The van der Waals surface area contributed by atoms with Gasteiger partial charge in [0.15, 0.2) is 6.10 Å². The molecule has 4 heteroatoms. The normalized spacial score (nSPS) is 14.0. The van der Waals surface area contributed by atoms with Gasteiger partial charge in [-0.05, 0) is 44.2 Å². The van der Waals surface area contributed by atoms with E-state index in [1.807, 2.05) is 56.3 Å². The molecule has 0 aliphatic heterocycles. The maximum Gasteiger partial charge on any atom is 0.171 e. The summed E-state index contributed by atoms with van der Waals surface area (Å²) in [4.78, 5) is 4.34. The van der Waals surface area contributed by atoms with E-state index in [1.54, 1.807) is 6.20 Å². The lowest BCUT2D eigenvalue weighted by Gasteiger charge is -2.20. The Labute approximate surface area is 123 Å². The van der Waals surface area contributed by atoms with Crippen LogP contribution >= 0.6 is 0 Å². The average molecular weight is 282 g/mol. The van der Waals surface area contributed by atoms with Gasteiger partial charge in [0.1, 0.15) is 17.3 Å². The molecule has 0 aliphatic carbocycles. The van der Waals surface area contributed by atoms with Crippen molar-refractivity contribution < 1.29 is 9.15 Å². The molecular formula is C17H18N2O2. The molecular weight excluding hydrogens is 264 g/mol. The van der Waals surface area contributed by atoms with Gasteiger partial charge in [-0.1, -0.05) is 6.07 Å². The molecule has 0 radical (unpaired) electrons. The molecule has 3 rings (SSSR count). The SMILES string of the molecule is Cc1ccc(C(Oc2ccc3cccnc3c2)C(C)N)o1. The maximum atomic E-state index is 6.04. The predicted octanol–water partition coefficient (Wildman–Crippen LogP) is 3.60. The van der Waals surface area contributed by atoms with Crippen molar-refractivity contribution in [1.29, 1.82) is 0 Å². The molecule has 0 aliphatic rings. The first-order chi connectivity index (χ1) is 10.1. The van der Waals surface area contributed by atoms with Crippen molar-refractivity contribution in [1.82, 2.24) is 4.98 Å². The summed E-state index contributed by atoms with van der Waals surface area (Å²) in [5, 5.41) is 1.08. The third-order valence-electron chi connectivity index (χ3n) is 3.36. The third-order valence-corrected chi connectivity index (χ3v) is 3.36. The van der Waals surface area contributed by atoms with E-state index in [0.29, 0.717) is 0 Å². The molecule has 0 saturated heterocycles. The van der Waals surface area contributed by atoms with Crippen LogP contribution in [0.3, 0.4) is 0 Å². The Bertz CT molecular complexity index is 749. The topological polar surface area (TPSA) is 61.3 Å². The Kier molecular flexibility index (Phi) is 3.62. The van der Waals surface area contributed by atoms with Crippen molar-refractivity contribution in [3.8, 4) is 5.75 Å². The van der Waals surface area contributed by atoms with Crippen molar-refractivity contribution >= 4 is 10.9 Å². The highest BCUT2D eigenvalue weighted by Crippen LogP contribution is 2.27. The number of ether oxygens (including phenoxy) is 1. The minimum Gasteiger partial charge on any atom is -0.481 e. The standard InChI is InChI=1S/C17H18N2O2/c1-11-5-8-16(20-11)17(12(2)18)21-14-7-6-13-4-3-9-19-15(13)10-14/h3-10,12,17H,18H2,1-2H3. The molecule has 0 saturated carbocycles. The number of nitrogens with two attached hydrogens (primary N) is 1. The van der Waals surface area contributed by atoms with Crippen molar-refractivity contribution in [3.63, 3.8) is 0 Å². The third kappa shape index (κ3) is 2.90. The van der Waals surface area contributed by atoms with E-state index >= 15 is 0 Å². The van der Waals surface area contributed by atoms with E-state index in [0.717, 1.165) is 28.2 Å². The molecule has 0 amide bonds. The molecule has 2 atom stereocenters.